The highest BCUT2D eigenvalue weighted by Gasteiger charge is 2.51. The molecule has 0 amide bonds. The summed E-state index contributed by atoms with van der Waals surface area (Å²) in [5.41, 5.74) is 1.33. The molecule has 0 bridgehead atoms. The maximum absolute atomic E-state index is 5.75. The van der Waals surface area contributed by atoms with Gasteiger partial charge in [-0.2, -0.15) is 15.4 Å². The lowest BCUT2D eigenvalue weighted by atomic mass is 9.63. The molecule has 2 N–H and O–H groups in total. The molecule has 1 aromatic rings. The molecule has 1 saturated carbocycles. The molecular weight excluding hydrogens is 180 g/mol. The molecule has 1 unspecified atom stereocenters. The fourth-order valence-electron chi connectivity index (χ4n) is 2.24. The minimum atomic E-state index is 0.243. The Morgan fingerprint density at radius 2 is 2.50 bits per heavy atom. The van der Waals surface area contributed by atoms with E-state index < -0.39 is 0 Å². The Kier molecular flexibility index (Phi) is 1.81. The zero-order chi connectivity index (χ0) is 9.43. The van der Waals surface area contributed by atoms with Crippen molar-refractivity contribution in [1.82, 2.24) is 20.7 Å². The zero-order valence-corrected chi connectivity index (χ0v) is 7.99. The van der Waals surface area contributed by atoms with Crippen LogP contribution in [-0.2, 0) is 11.3 Å². The van der Waals surface area contributed by atoms with E-state index >= 15 is 0 Å². The lowest BCUT2D eigenvalue weighted by Gasteiger charge is -2.55. The zero-order valence-electron chi connectivity index (χ0n) is 7.99. The van der Waals surface area contributed by atoms with Gasteiger partial charge in [0.15, 0.2) is 0 Å². The molecule has 2 fully saturated rings. The van der Waals surface area contributed by atoms with Gasteiger partial charge in [0.1, 0.15) is 11.9 Å². The average molecular weight is 194 g/mol. The predicted octanol–water partition coefficient (Wildman–Crippen LogP) is 0.421. The summed E-state index contributed by atoms with van der Waals surface area (Å²) in [6, 6.07) is 0. The molecule has 76 valence electrons. The second-order valence-corrected chi connectivity index (χ2v) is 4.25. The van der Waals surface area contributed by atoms with Crippen LogP contribution in [0.2, 0.25) is 0 Å². The van der Waals surface area contributed by atoms with E-state index in [2.05, 4.69) is 20.7 Å². The van der Waals surface area contributed by atoms with Gasteiger partial charge < -0.3 is 4.74 Å². The monoisotopic (exact) mass is 194 g/mol. The van der Waals surface area contributed by atoms with E-state index in [-0.39, 0.29) is 6.23 Å². The third-order valence-electron chi connectivity index (χ3n) is 3.41. The summed E-state index contributed by atoms with van der Waals surface area (Å²) < 4.78 is 5.75. The van der Waals surface area contributed by atoms with E-state index in [1.807, 2.05) is 0 Å². The van der Waals surface area contributed by atoms with Crippen molar-refractivity contribution >= 4 is 0 Å². The quantitative estimate of drug-likeness (QED) is 0.732. The Morgan fingerprint density at radius 1 is 1.57 bits per heavy atom. The minimum Gasteiger partial charge on any atom is -0.356 e. The number of nitrogens with one attached hydrogen (secondary N) is 2. The summed E-state index contributed by atoms with van der Waals surface area (Å²) in [7, 11) is 0. The number of H-pyrrole nitrogens is 1. The molecular formula is C9H14N4O. The fraction of sp³-hybridized carbons (Fsp3) is 0.778. The first-order chi connectivity index (χ1) is 6.89. The molecule has 2 heterocycles. The summed E-state index contributed by atoms with van der Waals surface area (Å²) >= 11 is 0. The van der Waals surface area contributed by atoms with Gasteiger partial charge >= 0.3 is 0 Å². The van der Waals surface area contributed by atoms with Gasteiger partial charge in [0.05, 0.1) is 12.8 Å². The van der Waals surface area contributed by atoms with Crippen LogP contribution in [-0.4, -0.2) is 28.2 Å². The van der Waals surface area contributed by atoms with Gasteiger partial charge in [-0.05, 0) is 12.8 Å². The van der Waals surface area contributed by atoms with E-state index in [0.29, 0.717) is 12.0 Å². The second-order valence-electron chi connectivity index (χ2n) is 4.25. The van der Waals surface area contributed by atoms with Crippen LogP contribution in [0.5, 0.6) is 0 Å². The molecule has 1 atom stereocenters. The topological polar surface area (TPSA) is 62.8 Å². The Morgan fingerprint density at radius 3 is 3.00 bits per heavy atom. The first-order valence-electron chi connectivity index (χ1n) is 5.09. The first-order valence-corrected chi connectivity index (χ1v) is 5.09. The molecule has 1 aliphatic carbocycles. The Labute approximate surface area is 82.2 Å². The molecule has 3 rings (SSSR count). The number of aromatic amines is 1. The maximum atomic E-state index is 5.75. The molecule has 0 aromatic carbocycles. The van der Waals surface area contributed by atoms with Crippen LogP contribution < -0.4 is 5.32 Å². The van der Waals surface area contributed by atoms with E-state index in [1.54, 1.807) is 6.20 Å². The van der Waals surface area contributed by atoms with Crippen molar-refractivity contribution in [1.29, 1.82) is 0 Å². The highest BCUT2D eigenvalue weighted by Crippen LogP contribution is 2.48. The first kappa shape index (κ1) is 8.38. The lowest BCUT2D eigenvalue weighted by Crippen LogP contribution is -2.66. The standard InChI is InChI=1S/C9H14N4O/c1-2-9(3-1)6-10-8(9)14-5-7-4-11-13-12-7/h4,8,10H,1-3,5-6H2,(H,11,12,13). The molecule has 5 heteroatoms. The molecule has 1 aromatic heterocycles. The average Bonchev–Trinajstić information content (AvgIpc) is 2.52. The van der Waals surface area contributed by atoms with Crippen LogP contribution in [0, 0.1) is 5.41 Å². The van der Waals surface area contributed by atoms with Gasteiger partial charge in [0.2, 0.25) is 0 Å². The van der Waals surface area contributed by atoms with Gasteiger partial charge in [0, 0.05) is 12.0 Å². The normalized spacial score (nSPS) is 28.4. The lowest BCUT2D eigenvalue weighted by molar-refractivity contribution is -0.166. The molecule has 1 aliphatic heterocycles. The van der Waals surface area contributed by atoms with Crippen molar-refractivity contribution in [3.63, 3.8) is 0 Å². The number of nitrogens with zero attached hydrogens (tertiary/aromatic N) is 2. The highest BCUT2D eigenvalue weighted by molar-refractivity contribution is 5.03. The van der Waals surface area contributed by atoms with Crippen molar-refractivity contribution in [3.05, 3.63) is 11.9 Å². The van der Waals surface area contributed by atoms with Crippen molar-refractivity contribution in [3.8, 4) is 0 Å². The van der Waals surface area contributed by atoms with Crippen LogP contribution >= 0.6 is 0 Å². The number of aromatic nitrogens is 3. The molecule has 1 saturated heterocycles. The van der Waals surface area contributed by atoms with Crippen molar-refractivity contribution in [2.45, 2.75) is 32.1 Å². The minimum absolute atomic E-state index is 0.243. The number of hydrogen-bond acceptors (Lipinski definition) is 4. The number of ether oxygens (including phenoxy) is 1. The van der Waals surface area contributed by atoms with Gasteiger partial charge in [-0.1, -0.05) is 6.42 Å². The van der Waals surface area contributed by atoms with E-state index in [1.165, 1.54) is 19.3 Å². The Hall–Kier alpha value is -0.940. The van der Waals surface area contributed by atoms with Gasteiger partial charge in [0.25, 0.3) is 0 Å². The van der Waals surface area contributed by atoms with E-state index in [0.717, 1.165) is 12.2 Å². The summed E-state index contributed by atoms with van der Waals surface area (Å²) in [4.78, 5) is 0. The SMILES string of the molecule is c1n[nH]nc1COC1NCC12CCC2. The Balaban J connectivity index is 1.54. The van der Waals surface area contributed by atoms with Crippen LogP contribution in [0.4, 0.5) is 0 Å². The second kappa shape index (κ2) is 3.03. The summed E-state index contributed by atoms with van der Waals surface area (Å²) in [5, 5.41) is 13.6. The number of hydrogen-bond donors (Lipinski definition) is 2. The molecule has 0 radical (unpaired) electrons. The van der Waals surface area contributed by atoms with Crippen LogP contribution in [0.15, 0.2) is 6.20 Å². The summed E-state index contributed by atoms with van der Waals surface area (Å²) in [5.74, 6) is 0. The molecule has 1 spiro atoms. The van der Waals surface area contributed by atoms with Crippen molar-refractivity contribution in [2.24, 2.45) is 5.41 Å². The largest absolute Gasteiger partial charge is 0.356 e. The van der Waals surface area contributed by atoms with Crippen molar-refractivity contribution < 1.29 is 4.74 Å². The highest BCUT2D eigenvalue weighted by atomic mass is 16.5. The molecule has 2 aliphatic rings. The fourth-order valence-corrected chi connectivity index (χ4v) is 2.24. The van der Waals surface area contributed by atoms with Crippen LogP contribution in [0.1, 0.15) is 25.0 Å². The van der Waals surface area contributed by atoms with Gasteiger partial charge in [-0.3, -0.25) is 5.32 Å². The van der Waals surface area contributed by atoms with Gasteiger partial charge in [-0.15, -0.1) is 0 Å². The van der Waals surface area contributed by atoms with Crippen LogP contribution in [0.25, 0.3) is 0 Å². The molecule has 14 heavy (non-hydrogen) atoms. The summed E-state index contributed by atoms with van der Waals surface area (Å²) in [6.45, 7) is 1.67. The van der Waals surface area contributed by atoms with E-state index in [9.17, 15) is 0 Å². The van der Waals surface area contributed by atoms with Gasteiger partial charge in [-0.25, -0.2) is 0 Å². The molecule has 5 nitrogen and oxygen atoms in total. The number of rotatable bonds is 3. The predicted molar refractivity (Wildman–Crippen MR) is 49.2 cm³/mol. The smallest absolute Gasteiger partial charge is 0.115 e. The van der Waals surface area contributed by atoms with E-state index in [4.69, 9.17) is 4.74 Å². The third kappa shape index (κ3) is 1.16. The summed E-state index contributed by atoms with van der Waals surface area (Å²) in [6.07, 6.45) is 5.91. The Bertz CT molecular complexity index is 301. The van der Waals surface area contributed by atoms with Crippen molar-refractivity contribution in [2.75, 3.05) is 6.54 Å². The maximum Gasteiger partial charge on any atom is 0.115 e. The van der Waals surface area contributed by atoms with Crippen LogP contribution in [0.3, 0.4) is 0 Å². The third-order valence-corrected chi connectivity index (χ3v) is 3.41.